The lowest BCUT2D eigenvalue weighted by Gasteiger charge is -2.36. The number of furan rings is 1. The van der Waals surface area contributed by atoms with Crippen LogP contribution in [0.25, 0.3) is 28.4 Å². The molecule has 0 unspecified atom stereocenters. The molecule has 1 aliphatic heterocycles. The zero-order chi connectivity index (χ0) is 31.7. The molecule has 17 heteroatoms. The van der Waals surface area contributed by atoms with Gasteiger partial charge in [0, 0.05) is 71.5 Å². The normalized spacial score (nSPS) is 14.1. The Balaban J connectivity index is 1.12. The van der Waals surface area contributed by atoms with Gasteiger partial charge in [0.25, 0.3) is 5.91 Å². The molecule has 238 valence electrons. The summed E-state index contributed by atoms with van der Waals surface area (Å²) in [7, 11) is 3.40. The highest BCUT2D eigenvalue weighted by molar-refractivity contribution is 5.88. The molecule has 4 aromatic heterocycles. The number of nitrogen functional groups attached to an aromatic ring is 1. The van der Waals surface area contributed by atoms with Crippen molar-refractivity contribution in [3.05, 3.63) is 52.6 Å². The molecule has 0 spiro atoms. The molecule has 1 saturated heterocycles. The fourth-order valence-corrected chi connectivity index (χ4v) is 5.35. The highest BCUT2D eigenvalue weighted by Crippen LogP contribution is 2.29. The van der Waals surface area contributed by atoms with E-state index >= 15 is 0 Å². The second-order valence-electron chi connectivity index (χ2n) is 10.6. The van der Waals surface area contributed by atoms with Gasteiger partial charge in [0.2, 0.25) is 11.8 Å². The summed E-state index contributed by atoms with van der Waals surface area (Å²) in [6.07, 6.45) is 1.52. The second kappa shape index (κ2) is 12.5. The molecule has 4 N–H and O–H groups in total. The van der Waals surface area contributed by atoms with Crippen molar-refractivity contribution in [1.82, 2.24) is 44.2 Å². The minimum atomic E-state index is -0.881. The molecular weight excluding hydrogens is 592 g/mol. The Morgan fingerprint density at radius 2 is 1.89 bits per heavy atom. The first kappa shape index (κ1) is 30.0. The van der Waals surface area contributed by atoms with Crippen LogP contribution in [-0.4, -0.2) is 99.0 Å². The minimum Gasteiger partial charge on any atom is -0.481 e. The van der Waals surface area contributed by atoms with Crippen LogP contribution < -0.4 is 31.7 Å². The number of anilines is 2. The number of nitrogens with two attached hydrogens (primary N) is 1. The minimum absolute atomic E-state index is 0.0786. The molecule has 0 radical (unpaired) electrons. The highest BCUT2D eigenvalue weighted by atomic mass is 19.1. The van der Waals surface area contributed by atoms with E-state index in [2.05, 4.69) is 30.6 Å². The standard InChI is InChI=1S/C28H33F2N11O4/c1-32-5-6-33-22(42)16-45-21-15-19(17(29)14-18(21)30)39-10-7-38(8-11-39)9-12-40-25-23(37(2)28(40)43)26-34-24(20-4-3-13-44-20)36-41(26)27(31)35-25/h3-4,13-15,32H,5-12,16H2,1-2H3,(H2,31,35)(H,33,42). The van der Waals surface area contributed by atoms with Gasteiger partial charge in [-0.15, -0.1) is 5.10 Å². The summed E-state index contributed by atoms with van der Waals surface area (Å²) in [5.41, 5.74) is 7.39. The number of likely N-dealkylation sites (N-methyl/N-ethyl adjacent to an activating group) is 1. The number of rotatable bonds is 11. The summed E-state index contributed by atoms with van der Waals surface area (Å²) >= 11 is 0. The van der Waals surface area contributed by atoms with E-state index in [1.165, 1.54) is 21.4 Å². The summed E-state index contributed by atoms with van der Waals surface area (Å²) in [6, 6.07) is 5.51. The number of hydrogen-bond donors (Lipinski definition) is 3. The molecule has 1 aliphatic rings. The number of aromatic nitrogens is 6. The van der Waals surface area contributed by atoms with Crippen molar-refractivity contribution in [1.29, 1.82) is 0 Å². The van der Waals surface area contributed by atoms with E-state index in [9.17, 15) is 18.4 Å². The maximum atomic E-state index is 14.8. The first-order valence-corrected chi connectivity index (χ1v) is 14.4. The Bertz CT molecular complexity index is 1890. The van der Waals surface area contributed by atoms with Crippen molar-refractivity contribution in [2.24, 2.45) is 7.05 Å². The first-order valence-electron chi connectivity index (χ1n) is 14.4. The number of benzene rings is 1. The van der Waals surface area contributed by atoms with Crippen molar-refractivity contribution in [2.75, 3.05) is 70.1 Å². The fraction of sp³-hybridized carbons (Fsp3) is 0.393. The van der Waals surface area contributed by atoms with Crippen LogP contribution in [0, 0.1) is 11.6 Å². The highest BCUT2D eigenvalue weighted by Gasteiger charge is 2.24. The number of fused-ring (bicyclic) bond motifs is 3. The number of piperazine rings is 1. The van der Waals surface area contributed by atoms with Gasteiger partial charge in [-0.25, -0.2) is 18.6 Å². The summed E-state index contributed by atoms with van der Waals surface area (Å²) in [5, 5.41) is 9.94. The SMILES string of the molecule is CNCCNC(=O)COc1cc(N2CCN(CCn3c(=O)n(C)c4c3nc(N)n3nc(-c5ccco5)nc43)CC2)c(F)cc1F. The number of nitrogens with one attached hydrogen (secondary N) is 2. The molecule has 1 aromatic carbocycles. The lowest BCUT2D eigenvalue weighted by molar-refractivity contribution is -0.123. The number of carbonyl (C=O) groups excluding carboxylic acids is 1. The number of ether oxygens (including phenoxy) is 1. The zero-order valence-electron chi connectivity index (χ0n) is 24.8. The third-order valence-corrected chi connectivity index (χ3v) is 7.73. The van der Waals surface area contributed by atoms with Crippen LogP contribution in [0.1, 0.15) is 0 Å². The number of hydrogen-bond acceptors (Lipinski definition) is 11. The molecule has 1 fully saturated rings. The number of carbonyl (C=O) groups is 1. The van der Waals surface area contributed by atoms with Crippen molar-refractivity contribution < 1.29 is 22.7 Å². The average molecular weight is 626 g/mol. The number of imidazole rings is 1. The first-order chi connectivity index (χ1) is 21.7. The van der Waals surface area contributed by atoms with E-state index in [0.717, 1.165) is 6.07 Å². The van der Waals surface area contributed by atoms with Crippen molar-refractivity contribution in [2.45, 2.75) is 6.54 Å². The molecule has 15 nitrogen and oxygen atoms in total. The quantitative estimate of drug-likeness (QED) is 0.174. The van der Waals surface area contributed by atoms with Crippen LogP contribution in [0.4, 0.5) is 20.4 Å². The van der Waals surface area contributed by atoms with Crippen molar-refractivity contribution >= 4 is 34.4 Å². The van der Waals surface area contributed by atoms with Gasteiger partial charge in [-0.3, -0.25) is 18.8 Å². The largest absolute Gasteiger partial charge is 0.481 e. The number of nitrogens with zero attached hydrogens (tertiary/aromatic N) is 8. The number of aryl methyl sites for hydroxylation is 1. The molecular formula is C28H33F2N11O4. The van der Waals surface area contributed by atoms with Crippen LogP contribution in [0.15, 0.2) is 39.7 Å². The lowest BCUT2D eigenvalue weighted by Crippen LogP contribution is -2.47. The molecule has 0 aliphatic carbocycles. The summed E-state index contributed by atoms with van der Waals surface area (Å²) in [4.78, 5) is 38.2. The van der Waals surface area contributed by atoms with Crippen molar-refractivity contribution in [3.63, 3.8) is 0 Å². The predicted octanol–water partition coefficient (Wildman–Crippen LogP) is 0.435. The molecule has 0 saturated carbocycles. The molecule has 1 amide bonds. The van der Waals surface area contributed by atoms with Gasteiger partial charge in [0.05, 0.1) is 12.0 Å². The monoisotopic (exact) mass is 625 g/mol. The number of amides is 1. The zero-order valence-corrected chi connectivity index (χ0v) is 24.8. The van der Waals surface area contributed by atoms with Gasteiger partial charge in [0.15, 0.2) is 35.2 Å². The van der Waals surface area contributed by atoms with E-state index in [1.807, 2.05) is 0 Å². The summed E-state index contributed by atoms with van der Waals surface area (Å²) < 4.78 is 44.4. The Labute approximate surface area is 255 Å². The van der Waals surface area contributed by atoms with E-state index in [4.69, 9.17) is 14.9 Å². The van der Waals surface area contributed by atoms with Gasteiger partial charge in [-0.2, -0.15) is 9.50 Å². The average Bonchev–Trinajstić information content (AvgIpc) is 3.76. The maximum absolute atomic E-state index is 14.8. The van der Waals surface area contributed by atoms with E-state index in [-0.39, 0.29) is 29.7 Å². The topological polar surface area (TPSA) is 166 Å². The smallest absolute Gasteiger partial charge is 0.330 e. The molecule has 45 heavy (non-hydrogen) atoms. The Kier molecular flexibility index (Phi) is 8.36. The Morgan fingerprint density at radius 1 is 1.09 bits per heavy atom. The third kappa shape index (κ3) is 5.91. The maximum Gasteiger partial charge on any atom is 0.330 e. The van der Waals surface area contributed by atoms with E-state index < -0.39 is 17.5 Å². The molecule has 5 heterocycles. The fourth-order valence-electron chi connectivity index (χ4n) is 5.35. The van der Waals surface area contributed by atoms with E-state index in [1.54, 1.807) is 35.7 Å². The van der Waals surface area contributed by atoms with Gasteiger partial charge in [-0.05, 0) is 19.2 Å². The lowest BCUT2D eigenvalue weighted by atomic mass is 10.2. The molecule has 6 rings (SSSR count). The van der Waals surface area contributed by atoms with Crippen LogP contribution in [0.5, 0.6) is 5.75 Å². The molecule has 0 bridgehead atoms. The molecule has 5 aromatic rings. The van der Waals surface area contributed by atoms with Crippen molar-refractivity contribution in [3.8, 4) is 17.3 Å². The van der Waals surface area contributed by atoms with Gasteiger partial charge >= 0.3 is 5.69 Å². The summed E-state index contributed by atoms with van der Waals surface area (Å²) in [6.45, 7) is 3.49. The van der Waals surface area contributed by atoms with E-state index in [0.29, 0.717) is 80.8 Å². The van der Waals surface area contributed by atoms with Gasteiger partial charge < -0.3 is 30.4 Å². The van der Waals surface area contributed by atoms with Crippen LogP contribution in [-0.2, 0) is 18.4 Å². The Morgan fingerprint density at radius 3 is 2.62 bits per heavy atom. The van der Waals surface area contributed by atoms with Gasteiger partial charge in [-0.1, -0.05) is 0 Å². The Hall–Kier alpha value is -5.03. The summed E-state index contributed by atoms with van der Waals surface area (Å²) in [5.74, 6) is -1.34. The number of halogens is 2. The molecule has 0 atom stereocenters. The third-order valence-electron chi connectivity index (χ3n) is 7.73. The van der Waals surface area contributed by atoms with Crippen LogP contribution >= 0.6 is 0 Å². The van der Waals surface area contributed by atoms with Crippen LogP contribution in [0.3, 0.4) is 0 Å². The predicted molar refractivity (Wildman–Crippen MR) is 161 cm³/mol. The van der Waals surface area contributed by atoms with Gasteiger partial charge in [0.1, 0.15) is 11.3 Å². The van der Waals surface area contributed by atoms with Crippen LogP contribution in [0.2, 0.25) is 0 Å². The second-order valence-corrected chi connectivity index (χ2v) is 10.6.